The molecule has 0 N–H and O–H groups in total. The lowest BCUT2D eigenvalue weighted by Crippen LogP contribution is -2.45. The standard InChI is InChI=1S/C11H20ClNO/c1-4-11(2,3)10(14)13-7-5-9(12)6-8-13/h9H,4-8H2,1-3H3. The molecule has 0 aromatic heterocycles. The molecule has 14 heavy (non-hydrogen) atoms. The summed E-state index contributed by atoms with van der Waals surface area (Å²) in [5.74, 6) is 0.281. The second-order valence-corrected chi connectivity index (χ2v) is 5.32. The van der Waals surface area contributed by atoms with Crippen molar-refractivity contribution in [3.8, 4) is 0 Å². The quantitative estimate of drug-likeness (QED) is 0.652. The van der Waals surface area contributed by atoms with E-state index in [1.807, 2.05) is 18.7 Å². The van der Waals surface area contributed by atoms with Gasteiger partial charge in [-0.3, -0.25) is 4.79 Å². The Balaban J connectivity index is 2.54. The molecule has 1 aliphatic heterocycles. The van der Waals surface area contributed by atoms with Gasteiger partial charge >= 0.3 is 0 Å². The maximum absolute atomic E-state index is 12.0. The molecule has 1 saturated heterocycles. The minimum absolute atomic E-state index is 0.209. The van der Waals surface area contributed by atoms with Crippen LogP contribution in [0.25, 0.3) is 0 Å². The molecular weight excluding hydrogens is 198 g/mol. The molecule has 0 spiro atoms. The van der Waals surface area contributed by atoms with Crippen LogP contribution in [0, 0.1) is 5.41 Å². The minimum atomic E-state index is -0.209. The van der Waals surface area contributed by atoms with Gasteiger partial charge in [0.1, 0.15) is 0 Å². The molecule has 1 rings (SSSR count). The van der Waals surface area contributed by atoms with Gasteiger partial charge in [0.05, 0.1) is 0 Å². The Kier molecular flexibility index (Phi) is 3.82. The van der Waals surface area contributed by atoms with Crippen LogP contribution < -0.4 is 0 Å². The predicted octanol–water partition coefficient (Wildman–Crippen LogP) is 2.65. The van der Waals surface area contributed by atoms with E-state index in [0.717, 1.165) is 32.4 Å². The summed E-state index contributed by atoms with van der Waals surface area (Å²) >= 11 is 6.00. The van der Waals surface area contributed by atoms with Crippen molar-refractivity contribution < 1.29 is 4.79 Å². The van der Waals surface area contributed by atoms with Crippen LogP contribution in [-0.2, 0) is 4.79 Å². The van der Waals surface area contributed by atoms with E-state index in [9.17, 15) is 4.79 Å². The molecule has 0 saturated carbocycles. The third-order valence-corrected chi connectivity index (χ3v) is 3.61. The number of likely N-dealkylation sites (tertiary alicyclic amines) is 1. The summed E-state index contributed by atoms with van der Waals surface area (Å²) in [6.45, 7) is 7.75. The number of carbonyl (C=O) groups excluding carboxylic acids is 1. The molecule has 1 fully saturated rings. The molecular formula is C11H20ClNO. The summed E-state index contributed by atoms with van der Waals surface area (Å²) in [4.78, 5) is 14.0. The van der Waals surface area contributed by atoms with Gasteiger partial charge in [-0.15, -0.1) is 11.6 Å². The Labute approximate surface area is 91.6 Å². The van der Waals surface area contributed by atoms with E-state index < -0.39 is 0 Å². The second-order valence-electron chi connectivity index (χ2n) is 4.70. The fraction of sp³-hybridized carbons (Fsp3) is 0.909. The topological polar surface area (TPSA) is 20.3 Å². The zero-order valence-electron chi connectivity index (χ0n) is 9.35. The van der Waals surface area contributed by atoms with Crippen LogP contribution >= 0.6 is 11.6 Å². The number of alkyl halides is 1. The van der Waals surface area contributed by atoms with Crippen molar-refractivity contribution in [2.24, 2.45) is 5.41 Å². The van der Waals surface area contributed by atoms with Crippen LogP contribution in [-0.4, -0.2) is 29.3 Å². The Morgan fingerprint density at radius 2 is 1.93 bits per heavy atom. The normalized spacial score (nSPS) is 19.9. The summed E-state index contributed by atoms with van der Waals surface area (Å²) < 4.78 is 0. The first-order chi connectivity index (χ1) is 6.47. The van der Waals surface area contributed by atoms with Crippen molar-refractivity contribution in [1.29, 1.82) is 0 Å². The maximum Gasteiger partial charge on any atom is 0.228 e. The van der Waals surface area contributed by atoms with Gasteiger partial charge in [0, 0.05) is 23.9 Å². The van der Waals surface area contributed by atoms with Crippen molar-refractivity contribution in [3.05, 3.63) is 0 Å². The van der Waals surface area contributed by atoms with E-state index in [-0.39, 0.29) is 16.7 Å². The molecule has 0 atom stereocenters. The first kappa shape index (κ1) is 11.8. The van der Waals surface area contributed by atoms with E-state index in [1.165, 1.54) is 0 Å². The van der Waals surface area contributed by atoms with Gasteiger partial charge in [0.25, 0.3) is 0 Å². The zero-order chi connectivity index (χ0) is 10.8. The molecule has 82 valence electrons. The van der Waals surface area contributed by atoms with E-state index in [1.54, 1.807) is 0 Å². The van der Waals surface area contributed by atoms with E-state index in [4.69, 9.17) is 11.6 Å². The van der Waals surface area contributed by atoms with Gasteiger partial charge in [0.15, 0.2) is 0 Å². The van der Waals surface area contributed by atoms with Crippen molar-refractivity contribution in [2.45, 2.75) is 45.4 Å². The van der Waals surface area contributed by atoms with Gasteiger partial charge in [-0.1, -0.05) is 20.8 Å². The fourth-order valence-electron chi connectivity index (χ4n) is 1.63. The van der Waals surface area contributed by atoms with Gasteiger partial charge < -0.3 is 4.90 Å². The predicted molar refractivity (Wildman–Crippen MR) is 59.5 cm³/mol. The monoisotopic (exact) mass is 217 g/mol. The van der Waals surface area contributed by atoms with Crippen molar-refractivity contribution in [2.75, 3.05) is 13.1 Å². The summed E-state index contributed by atoms with van der Waals surface area (Å²) in [6, 6.07) is 0. The Bertz CT molecular complexity index is 207. The highest BCUT2D eigenvalue weighted by Gasteiger charge is 2.31. The molecule has 1 heterocycles. The summed E-state index contributed by atoms with van der Waals surface area (Å²) in [5, 5.41) is 0.267. The van der Waals surface area contributed by atoms with Crippen LogP contribution in [0.15, 0.2) is 0 Å². The largest absolute Gasteiger partial charge is 0.342 e. The van der Waals surface area contributed by atoms with Gasteiger partial charge in [-0.2, -0.15) is 0 Å². The maximum atomic E-state index is 12.0. The van der Waals surface area contributed by atoms with Crippen LogP contribution in [0.3, 0.4) is 0 Å². The second kappa shape index (κ2) is 4.52. The number of carbonyl (C=O) groups is 1. The average Bonchev–Trinajstić information content (AvgIpc) is 2.18. The highest BCUT2D eigenvalue weighted by Crippen LogP contribution is 2.26. The number of amides is 1. The molecule has 1 aliphatic rings. The van der Waals surface area contributed by atoms with Crippen molar-refractivity contribution in [1.82, 2.24) is 4.90 Å². The number of nitrogens with zero attached hydrogens (tertiary/aromatic N) is 1. The van der Waals surface area contributed by atoms with Crippen molar-refractivity contribution >= 4 is 17.5 Å². The Hall–Kier alpha value is -0.240. The molecule has 0 bridgehead atoms. The first-order valence-corrected chi connectivity index (χ1v) is 5.84. The molecule has 2 nitrogen and oxygen atoms in total. The lowest BCUT2D eigenvalue weighted by atomic mass is 9.88. The molecule has 0 aliphatic carbocycles. The number of piperidine rings is 1. The highest BCUT2D eigenvalue weighted by molar-refractivity contribution is 6.20. The number of halogens is 1. The lowest BCUT2D eigenvalue weighted by molar-refractivity contribution is -0.141. The Morgan fingerprint density at radius 1 is 1.43 bits per heavy atom. The average molecular weight is 218 g/mol. The zero-order valence-corrected chi connectivity index (χ0v) is 10.1. The molecule has 0 aromatic rings. The summed E-state index contributed by atoms with van der Waals surface area (Å²) in [7, 11) is 0. The SMILES string of the molecule is CCC(C)(C)C(=O)N1CCC(Cl)CC1. The minimum Gasteiger partial charge on any atom is -0.342 e. The molecule has 1 amide bonds. The summed E-state index contributed by atoms with van der Waals surface area (Å²) in [5.41, 5.74) is -0.209. The first-order valence-electron chi connectivity index (χ1n) is 5.41. The number of rotatable bonds is 2. The van der Waals surface area contributed by atoms with Gasteiger partial charge in [0.2, 0.25) is 5.91 Å². The molecule has 0 aromatic carbocycles. The number of hydrogen-bond donors (Lipinski definition) is 0. The molecule has 0 radical (unpaired) electrons. The van der Waals surface area contributed by atoms with E-state index in [0.29, 0.717) is 0 Å². The third-order valence-electron chi connectivity index (χ3n) is 3.17. The van der Waals surface area contributed by atoms with Crippen LogP contribution in [0.1, 0.15) is 40.0 Å². The summed E-state index contributed by atoms with van der Waals surface area (Å²) in [6.07, 6.45) is 2.77. The van der Waals surface area contributed by atoms with Gasteiger partial charge in [-0.25, -0.2) is 0 Å². The smallest absolute Gasteiger partial charge is 0.228 e. The van der Waals surface area contributed by atoms with E-state index in [2.05, 4.69) is 6.92 Å². The molecule has 3 heteroatoms. The number of hydrogen-bond acceptors (Lipinski definition) is 1. The van der Waals surface area contributed by atoms with Crippen LogP contribution in [0.5, 0.6) is 0 Å². The van der Waals surface area contributed by atoms with Crippen LogP contribution in [0.4, 0.5) is 0 Å². The van der Waals surface area contributed by atoms with Crippen LogP contribution in [0.2, 0.25) is 0 Å². The lowest BCUT2D eigenvalue weighted by Gasteiger charge is -2.35. The van der Waals surface area contributed by atoms with Gasteiger partial charge in [-0.05, 0) is 19.3 Å². The molecule has 0 unspecified atom stereocenters. The third kappa shape index (κ3) is 2.63. The van der Waals surface area contributed by atoms with Crippen molar-refractivity contribution in [3.63, 3.8) is 0 Å². The fourth-order valence-corrected chi connectivity index (χ4v) is 1.83. The van der Waals surface area contributed by atoms with E-state index >= 15 is 0 Å². The highest BCUT2D eigenvalue weighted by atomic mass is 35.5. The Morgan fingerprint density at radius 3 is 2.36 bits per heavy atom.